The maximum absolute atomic E-state index is 13.6. The van der Waals surface area contributed by atoms with Crippen LogP contribution in [0.25, 0.3) is 0 Å². The van der Waals surface area contributed by atoms with E-state index in [0.29, 0.717) is 38.3 Å². The van der Waals surface area contributed by atoms with Crippen molar-refractivity contribution in [2.45, 2.75) is 63.6 Å². The van der Waals surface area contributed by atoms with E-state index in [1.165, 1.54) is 36.9 Å². The third-order valence-electron chi connectivity index (χ3n) is 6.01. The fourth-order valence-corrected chi connectivity index (χ4v) is 5.51. The molecule has 1 saturated heterocycles. The summed E-state index contributed by atoms with van der Waals surface area (Å²) in [7, 11) is -2.71. The largest absolute Gasteiger partial charge is 0.497 e. The third kappa shape index (κ3) is 8.93. The monoisotopic (exact) mass is 557 g/mol. The van der Waals surface area contributed by atoms with Gasteiger partial charge in [0.15, 0.2) is 6.10 Å². The fraction of sp³-hybridized carbons (Fsp3) is 0.640. The van der Waals surface area contributed by atoms with Crippen LogP contribution >= 0.6 is 0 Å². The Bertz CT molecular complexity index is 1050. The van der Waals surface area contributed by atoms with Crippen LogP contribution in [-0.4, -0.2) is 92.2 Å². The molecule has 0 spiro atoms. The van der Waals surface area contributed by atoms with E-state index < -0.39 is 34.2 Å². The highest BCUT2D eigenvalue weighted by molar-refractivity contribution is 7.89. The van der Waals surface area contributed by atoms with Crippen molar-refractivity contribution in [3.05, 3.63) is 24.3 Å². The van der Waals surface area contributed by atoms with E-state index in [4.69, 9.17) is 14.2 Å². The van der Waals surface area contributed by atoms with E-state index >= 15 is 0 Å². The molecule has 0 radical (unpaired) electrons. The highest BCUT2D eigenvalue weighted by atomic mass is 32.2. The van der Waals surface area contributed by atoms with Crippen LogP contribution in [0, 0.1) is 5.92 Å². The molecular formula is C25H39N3O9S. The second-order valence-corrected chi connectivity index (χ2v) is 11.8. The van der Waals surface area contributed by atoms with Gasteiger partial charge in [-0.1, -0.05) is 0 Å². The predicted molar refractivity (Wildman–Crippen MR) is 137 cm³/mol. The highest BCUT2D eigenvalue weighted by Crippen LogP contribution is 2.23. The SMILES string of the molecule is CCOC(=O)C1CCN(C(=O)CCN(CC(OC(C)(C)C)C(=O)NO)S(=O)(=O)c2ccc(OC)cc2)CC1. The van der Waals surface area contributed by atoms with Gasteiger partial charge < -0.3 is 19.1 Å². The van der Waals surface area contributed by atoms with Crippen LogP contribution in [0.15, 0.2) is 29.2 Å². The molecule has 0 aliphatic carbocycles. The molecule has 1 aromatic carbocycles. The summed E-state index contributed by atoms with van der Waals surface area (Å²) in [5.41, 5.74) is 0.696. The molecule has 38 heavy (non-hydrogen) atoms. The topological polar surface area (TPSA) is 152 Å². The van der Waals surface area contributed by atoms with Crippen molar-refractivity contribution in [2.24, 2.45) is 5.92 Å². The minimum atomic E-state index is -4.17. The van der Waals surface area contributed by atoms with Crippen LogP contribution in [0.2, 0.25) is 0 Å². The lowest BCUT2D eigenvalue weighted by molar-refractivity contribution is -0.152. The Morgan fingerprint density at radius 2 is 1.76 bits per heavy atom. The number of methoxy groups -OCH3 is 1. The number of amides is 2. The van der Waals surface area contributed by atoms with Crippen LogP contribution in [0.4, 0.5) is 0 Å². The number of carbonyl (C=O) groups excluding carboxylic acids is 3. The van der Waals surface area contributed by atoms with Gasteiger partial charge >= 0.3 is 5.97 Å². The molecular weight excluding hydrogens is 518 g/mol. The van der Waals surface area contributed by atoms with Crippen molar-refractivity contribution in [2.75, 3.05) is 39.9 Å². The van der Waals surface area contributed by atoms with Gasteiger partial charge in [-0.15, -0.1) is 0 Å². The quantitative estimate of drug-likeness (QED) is 0.222. The van der Waals surface area contributed by atoms with E-state index in [0.717, 1.165) is 4.31 Å². The lowest BCUT2D eigenvalue weighted by Crippen LogP contribution is -2.49. The number of rotatable bonds is 12. The maximum Gasteiger partial charge on any atom is 0.309 e. The number of piperidine rings is 1. The molecule has 1 heterocycles. The van der Waals surface area contributed by atoms with Gasteiger partial charge in [-0.3, -0.25) is 19.6 Å². The predicted octanol–water partition coefficient (Wildman–Crippen LogP) is 1.57. The van der Waals surface area contributed by atoms with E-state index in [2.05, 4.69) is 0 Å². The first kappa shape index (κ1) is 31.5. The van der Waals surface area contributed by atoms with E-state index in [9.17, 15) is 28.0 Å². The highest BCUT2D eigenvalue weighted by Gasteiger charge is 2.34. The normalized spacial score (nSPS) is 15.7. The summed E-state index contributed by atoms with van der Waals surface area (Å²) in [5, 5.41) is 9.22. The van der Waals surface area contributed by atoms with Crippen molar-refractivity contribution in [1.29, 1.82) is 0 Å². The molecule has 214 valence electrons. The van der Waals surface area contributed by atoms with Crippen molar-refractivity contribution in [3.63, 3.8) is 0 Å². The Hall–Kier alpha value is -2.74. The van der Waals surface area contributed by atoms with E-state index in [1.807, 2.05) is 0 Å². The van der Waals surface area contributed by atoms with Crippen LogP contribution < -0.4 is 10.2 Å². The molecule has 1 aromatic rings. The number of carbonyl (C=O) groups is 3. The summed E-state index contributed by atoms with van der Waals surface area (Å²) in [6.45, 7) is 7.16. The van der Waals surface area contributed by atoms with Crippen LogP contribution in [0.1, 0.15) is 47.0 Å². The molecule has 1 aliphatic heterocycles. The number of benzene rings is 1. The molecule has 0 bridgehead atoms. The molecule has 2 rings (SSSR count). The van der Waals surface area contributed by atoms with E-state index in [-0.39, 0.29) is 35.7 Å². The number of sulfonamides is 1. The van der Waals surface area contributed by atoms with Crippen molar-refractivity contribution in [1.82, 2.24) is 14.7 Å². The van der Waals surface area contributed by atoms with Crippen LogP contribution in [-0.2, 0) is 33.9 Å². The molecule has 0 aromatic heterocycles. The number of hydrogen-bond donors (Lipinski definition) is 2. The van der Waals surface area contributed by atoms with E-state index in [1.54, 1.807) is 32.6 Å². The molecule has 0 saturated carbocycles. The third-order valence-corrected chi connectivity index (χ3v) is 7.89. The van der Waals surface area contributed by atoms with Gasteiger partial charge in [0, 0.05) is 32.6 Å². The molecule has 1 aliphatic rings. The number of hydrogen-bond acceptors (Lipinski definition) is 9. The second kappa shape index (κ2) is 13.9. The smallest absolute Gasteiger partial charge is 0.309 e. The van der Waals surface area contributed by atoms with Crippen molar-refractivity contribution >= 4 is 27.8 Å². The number of ether oxygens (including phenoxy) is 3. The molecule has 2 N–H and O–H groups in total. The zero-order valence-corrected chi connectivity index (χ0v) is 23.5. The summed E-state index contributed by atoms with van der Waals surface area (Å²) < 4.78 is 44.0. The average Bonchev–Trinajstić information content (AvgIpc) is 2.89. The van der Waals surface area contributed by atoms with Gasteiger partial charge in [0.05, 0.1) is 30.1 Å². The lowest BCUT2D eigenvalue weighted by Gasteiger charge is -2.33. The minimum Gasteiger partial charge on any atom is -0.497 e. The van der Waals surface area contributed by atoms with Gasteiger partial charge in [0.1, 0.15) is 5.75 Å². The number of nitrogens with one attached hydrogen (secondary N) is 1. The Morgan fingerprint density at radius 3 is 2.26 bits per heavy atom. The first-order chi connectivity index (χ1) is 17.8. The number of esters is 1. The van der Waals surface area contributed by atoms with Crippen molar-refractivity contribution in [3.8, 4) is 5.75 Å². The molecule has 2 amide bonds. The standard InChI is InChI=1S/C25H39N3O9S/c1-6-36-24(31)18-11-14-27(15-12-18)22(29)13-16-28(17-21(23(30)26-32)37-25(2,3)4)38(33,34)20-9-7-19(35-5)8-10-20/h7-10,18,21,32H,6,11-17H2,1-5H3,(H,26,30). The Morgan fingerprint density at radius 1 is 1.16 bits per heavy atom. The minimum absolute atomic E-state index is 0.0556. The Labute approximate surface area is 224 Å². The zero-order valence-electron chi connectivity index (χ0n) is 22.6. The van der Waals surface area contributed by atoms with Gasteiger partial charge in [-0.2, -0.15) is 4.31 Å². The summed E-state index contributed by atoms with van der Waals surface area (Å²) in [6, 6.07) is 5.73. The number of likely N-dealkylation sites (tertiary alicyclic amines) is 1. The van der Waals surface area contributed by atoms with Crippen LogP contribution in [0.3, 0.4) is 0 Å². The summed E-state index contributed by atoms with van der Waals surface area (Å²) >= 11 is 0. The summed E-state index contributed by atoms with van der Waals surface area (Å²) in [5.74, 6) is -1.27. The molecule has 1 atom stereocenters. The lowest BCUT2D eigenvalue weighted by atomic mass is 9.97. The zero-order chi connectivity index (χ0) is 28.5. The average molecular weight is 558 g/mol. The maximum atomic E-state index is 13.6. The van der Waals surface area contributed by atoms with Gasteiger partial charge in [0.25, 0.3) is 5.91 Å². The van der Waals surface area contributed by atoms with Crippen LogP contribution in [0.5, 0.6) is 5.75 Å². The first-order valence-corrected chi connectivity index (χ1v) is 14.0. The van der Waals surface area contributed by atoms with Crippen molar-refractivity contribution < 1.29 is 42.2 Å². The first-order valence-electron chi connectivity index (χ1n) is 12.5. The number of nitrogens with zero attached hydrogens (tertiary/aromatic N) is 2. The molecule has 12 nitrogen and oxygen atoms in total. The fourth-order valence-electron chi connectivity index (χ4n) is 4.07. The molecule has 13 heteroatoms. The van der Waals surface area contributed by atoms with Gasteiger partial charge in [-0.25, -0.2) is 13.9 Å². The number of hydroxylamine groups is 1. The molecule has 1 fully saturated rings. The second-order valence-electron chi connectivity index (χ2n) is 9.89. The Kier molecular flexibility index (Phi) is 11.5. The van der Waals surface area contributed by atoms with Gasteiger partial charge in [-0.05, 0) is 64.8 Å². The Balaban J connectivity index is 2.21. The summed E-state index contributed by atoms with van der Waals surface area (Å²) in [6.07, 6.45) is -0.557. The van der Waals surface area contributed by atoms with Gasteiger partial charge in [0.2, 0.25) is 15.9 Å². The molecule has 1 unspecified atom stereocenters. The summed E-state index contributed by atoms with van der Waals surface area (Å²) in [4.78, 5) is 38.9.